The summed E-state index contributed by atoms with van der Waals surface area (Å²) >= 11 is 0. The number of ether oxygens (including phenoxy) is 1. The van der Waals surface area contributed by atoms with Crippen molar-refractivity contribution in [3.63, 3.8) is 0 Å². The molecule has 2 aliphatic rings. The van der Waals surface area contributed by atoms with Gasteiger partial charge in [0.05, 0.1) is 13.2 Å². The van der Waals surface area contributed by atoms with E-state index in [4.69, 9.17) is 4.74 Å². The molecule has 0 saturated carbocycles. The molecule has 0 spiro atoms. The molecule has 0 aromatic carbocycles. The van der Waals surface area contributed by atoms with Crippen molar-refractivity contribution in [2.75, 3.05) is 45.9 Å². The van der Waals surface area contributed by atoms with Gasteiger partial charge in [-0.05, 0) is 32.9 Å². The fraction of sp³-hybridized carbons (Fsp3) is 0.917. The van der Waals surface area contributed by atoms with E-state index in [9.17, 15) is 4.79 Å². The lowest BCUT2D eigenvalue weighted by atomic mass is 10.3. The number of morpholine rings is 1. The van der Waals surface area contributed by atoms with Crippen LogP contribution in [-0.4, -0.2) is 67.8 Å². The Labute approximate surface area is 103 Å². The average molecular weight is 241 g/mol. The van der Waals surface area contributed by atoms with Gasteiger partial charge in [-0.15, -0.1) is 0 Å². The maximum atomic E-state index is 11.9. The van der Waals surface area contributed by atoms with E-state index in [1.54, 1.807) is 0 Å². The van der Waals surface area contributed by atoms with Crippen molar-refractivity contribution >= 4 is 6.03 Å². The summed E-state index contributed by atoms with van der Waals surface area (Å²) in [5.74, 6) is 0. The first kappa shape index (κ1) is 12.6. The molecule has 0 aliphatic carbocycles. The lowest BCUT2D eigenvalue weighted by Gasteiger charge is -2.29. The number of carbonyl (C=O) groups is 1. The lowest BCUT2D eigenvalue weighted by molar-refractivity contribution is 0.0523. The number of hydrogen-bond donors (Lipinski definition) is 1. The second-order valence-electron chi connectivity index (χ2n) is 4.96. The second-order valence-corrected chi connectivity index (χ2v) is 4.96. The first-order valence-electron chi connectivity index (χ1n) is 6.61. The van der Waals surface area contributed by atoms with Crippen LogP contribution in [0.15, 0.2) is 0 Å². The molecule has 2 amide bonds. The number of likely N-dealkylation sites (tertiary alicyclic amines) is 1. The molecular weight excluding hydrogens is 218 g/mol. The number of nitrogens with one attached hydrogen (secondary N) is 1. The monoisotopic (exact) mass is 241 g/mol. The van der Waals surface area contributed by atoms with E-state index in [2.05, 4.69) is 17.1 Å². The molecule has 1 atom stereocenters. The predicted molar refractivity (Wildman–Crippen MR) is 66.1 cm³/mol. The van der Waals surface area contributed by atoms with Crippen molar-refractivity contribution in [2.24, 2.45) is 0 Å². The van der Waals surface area contributed by atoms with Crippen LogP contribution in [0.3, 0.4) is 0 Å². The molecule has 0 aromatic rings. The zero-order valence-corrected chi connectivity index (χ0v) is 10.7. The number of urea groups is 1. The third-order valence-electron chi connectivity index (χ3n) is 3.40. The molecule has 0 aromatic heterocycles. The molecule has 1 unspecified atom stereocenters. The van der Waals surface area contributed by atoms with Crippen molar-refractivity contribution < 1.29 is 9.53 Å². The smallest absolute Gasteiger partial charge is 0.317 e. The highest BCUT2D eigenvalue weighted by Gasteiger charge is 2.20. The van der Waals surface area contributed by atoms with Crippen LogP contribution in [0.4, 0.5) is 4.79 Å². The fourth-order valence-corrected chi connectivity index (χ4v) is 2.47. The third-order valence-corrected chi connectivity index (χ3v) is 3.40. The first-order chi connectivity index (χ1) is 8.25. The van der Waals surface area contributed by atoms with Crippen molar-refractivity contribution in [1.82, 2.24) is 15.1 Å². The van der Waals surface area contributed by atoms with Gasteiger partial charge in [0, 0.05) is 25.7 Å². The van der Waals surface area contributed by atoms with Crippen LogP contribution in [0.5, 0.6) is 0 Å². The minimum Gasteiger partial charge on any atom is -0.378 e. The summed E-state index contributed by atoms with van der Waals surface area (Å²) in [5.41, 5.74) is 0. The summed E-state index contributed by atoms with van der Waals surface area (Å²) in [6.45, 7) is 8.15. The minimum absolute atomic E-state index is 0.0556. The van der Waals surface area contributed by atoms with Gasteiger partial charge in [-0.25, -0.2) is 4.79 Å². The Kier molecular flexibility index (Phi) is 4.62. The van der Waals surface area contributed by atoms with Gasteiger partial charge in [-0.3, -0.25) is 0 Å². The van der Waals surface area contributed by atoms with Crippen LogP contribution in [0, 0.1) is 0 Å². The molecule has 98 valence electrons. The highest BCUT2D eigenvalue weighted by Crippen LogP contribution is 2.07. The van der Waals surface area contributed by atoms with Gasteiger partial charge in [-0.1, -0.05) is 0 Å². The Hall–Kier alpha value is -0.810. The largest absolute Gasteiger partial charge is 0.378 e. The highest BCUT2D eigenvalue weighted by atomic mass is 16.5. The van der Waals surface area contributed by atoms with Gasteiger partial charge in [0.1, 0.15) is 0 Å². The van der Waals surface area contributed by atoms with Crippen LogP contribution in [0.1, 0.15) is 19.8 Å². The van der Waals surface area contributed by atoms with Gasteiger partial charge in [-0.2, -0.15) is 0 Å². The summed E-state index contributed by atoms with van der Waals surface area (Å²) in [5, 5.41) is 3.07. The van der Waals surface area contributed by atoms with Crippen molar-refractivity contribution in [3.8, 4) is 0 Å². The van der Waals surface area contributed by atoms with Crippen molar-refractivity contribution in [1.29, 1.82) is 0 Å². The minimum atomic E-state index is 0.0556. The highest BCUT2D eigenvalue weighted by molar-refractivity contribution is 5.74. The quantitative estimate of drug-likeness (QED) is 0.783. The van der Waals surface area contributed by atoms with E-state index in [0.717, 1.165) is 6.54 Å². The van der Waals surface area contributed by atoms with Crippen LogP contribution in [-0.2, 0) is 4.74 Å². The Morgan fingerprint density at radius 1 is 1.24 bits per heavy atom. The number of nitrogens with zero attached hydrogens (tertiary/aromatic N) is 2. The summed E-state index contributed by atoms with van der Waals surface area (Å²) in [6, 6.07) is 0.281. The lowest BCUT2D eigenvalue weighted by Crippen LogP contribution is -2.50. The number of amides is 2. The zero-order chi connectivity index (χ0) is 12.1. The van der Waals surface area contributed by atoms with E-state index >= 15 is 0 Å². The second kappa shape index (κ2) is 6.21. The summed E-state index contributed by atoms with van der Waals surface area (Å²) < 4.78 is 5.23. The number of rotatable bonds is 3. The van der Waals surface area contributed by atoms with E-state index in [-0.39, 0.29) is 12.1 Å². The maximum Gasteiger partial charge on any atom is 0.317 e. The van der Waals surface area contributed by atoms with E-state index in [1.165, 1.54) is 25.9 Å². The molecular formula is C12H23N3O2. The molecule has 2 aliphatic heterocycles. The van der Waals surface area contributed by atoms with Crippen LogP contribution in [0.2, 0.25) is 0 Å². The molecule has 5 nitrogen and oxygen atoms in total. The SMILES string of the molecule is CC(CN1CCCC1)NC(=O)N1CCOCC1. The van der Waals surface area contributed by atoms with Crippen LogP contribution in [0.25, 0.3) is 0 Å². The predicted octanol–water partition coefficient (Wildman–Crippen LogP) is 0.513. The first-order valence-corrected chi connectivity index (χ1v) is 6.61. The molecule has 1 N–H and O–H groups in total. The summed E-state index contributed by atoms with van der Waals surface area (Å²) in [7, 11) is 0. The molecule has 5 heteroatoms. The maximum absolute atomic E-state index is 11.9. The topological polar surface area (TPSA) is 44.8 Å². The fourth-order valence-electron chi connectivity index (χ4n) is 2.47. The Morgan fingerprint density at radius 2 is 1.88 bits per heavy atom. The summed E-state index contributed by atoms with van der Waals surface area (Å²) in [4.78, 5) is 16.2. The van der Waals surface area contributed by atoms with Gasteiger partial charge in [0.2, 0.25) is 0 Å². The molecule has 2 rings (SSSR count). The van der Waals surface area contributed by atoms with E-state index in [0.29, 0.717) is 26.3 Å². The van der Waals surface area contributed by atoms with Crippen LogP contribution >= 0.6 is 0 Å². The molecule has 2 heterocycles. The third kappa shape index (κ3) is 3.85. The zero-order valence-electron chi connectivity index (χ0n) is 10.7. The van der Waals surface area contributed by atoms with Gasteiger partial charge in [0.25, 0.3) is 0 Å². The Bertz CT molecular complexity index is 248. The standard InChI is InChI=1S/C12H23N3O2/c1-11(10-14-4-2-3-5-14)13-12(16)15-6-8-17-9-7-15/h11H,2-10H2,1H3,(H,13,16). The van der Waals surface area contributed by atoms with Gasteiger partial charge < -0.3 is 19.9 Å². The van der Waals surface area contributed by atoms with Crippen molar-refractivity contribution in [3.05, 3.63) is 0 Å². The number of carbonyl (C=O) groups excluding carboxylic acids is 1. The molecule has 2 fully saturated rings. The molecule has 0 bridgehead atoms. The van der Waals surface area contributed by atoms with Gasteiger partial charge >= 0.3 is 6.03 Å². The van der Waals surface area contributed by atoms with E-state index < -0.39 is 0 Å². The molecule has 0 radical (unpaired) electrons. The van der Waals surface area contributed by atoms with E-state index in [1.807, 2.05) is 4.90 Å². The van der Waals surface area contributed by atoms with Gasteiger partial charge in [0.15, 0.2) is 0 Å². The van der Waals surface area contributed by atoms with Crippen molar-refractivity contribution in [2.45, 2.75) is 25.8 Å². The molecule has 2 saturated heterocycles. The number of hydrogen-bond acceptors (Lipinski definition) is 3. The summed E-state index contributed by atoms with van der Waals surface area (Å²) in [6.07, 6.45) is 2.59. The molecule has 17 heavy (non-hydrogen) atoms. The van der Waals surface area contributed by atoms with Crippen LogP contribution < -0.4 is 5.32 Å². The Balaban J connectivity index is 1.69. The normalized spacial score (nSPS) is 23.7. The Morgan fingerprint density at radius 3 is 2.53 bits per heavy atom. The average Bonchev–Trinajstić information content (AvgIpc) is 2.82.